The minimum Gasteiger partial charge on any atom is -0.369 e. The molecule has 3 unspecified atom stereocenters. The second-order valence-electron chi connectivity index (χ2n) is 5.72. The van der Waals surface area contributed by atoms with Crippen molar-refractivity contribution in [3.8, 4) is 0 Å². The molecule has 0 bridgehead atoms. The Morgan fingerprint density at radius 2 is 2.06 bits per heavy atom. The lowest BCUT2D eigenvalue weighted by atomic mass is 9.89. The van der Waals surface area contributed by atoms with Crippen molar-refractivity contribution in [2.75, 3.05) is 19.6 Å². The third-order valence-corrected chi connectivity index (χ3v) is 4.13. The average molecular weight is 241 g/mol. The van der Waals surface area contributed by atoms with Crippen LogP contribution in [0.3, 0.4) is 0 Å². The molecule has 4 nitrogen and oxygen atoms in total. The summed E-state index contributed by atoms with van der Waals surface area (Å²) in [7, 11) is 0. The Bertz CT molecular complexity index is 255. The van der Waals surface area contributed by atoms with Gasteiger partial charge in [-0.05, 0) is 38.1 Å². The van der Waals surface area contributed by atoms with Gasteiger partial charge in [0.1, 0.15) is 0 Å². The van der Waals surface area contributed by atoms with Crippen molar-refractivity contribution < 1.29 is 4.79 Å². The number of carbonyl (C=O) groups is 1. The molecule has 1 aliphatic heterocycles. The molecule has 100 valence electrons. The largest absolute Gasteiger partial charge is 0.369 e. The molecule has 1 amide bonds. The van der Waals surface area contributed by atoms with Crippen molar-refractivity contribution in [3.63, 3.8) is 0 Å². The Morgan fingerprint density at radius 1 is 1.41 bits per heavy atom. The Balaban J connectivity index is 2.57. The summed E-state index contributed by atoms with van der Waals surface area (Å²) in [6.45, 7) is 9.14. The maximum atomic E-state index is 11.3. The smallest absolute Gasteiger partial charge is 0.221 e. The first kappa shape index (κ1) is 14.5. The van der Waals surface area contributed by atoms with Gasteiger partial charge in [-0.15, -0.1) is 0 Å². The lowest BCUT2D eigenvalue weighted by Gasteiger charge is -2.39. The van der Waals surface area contributed by atoms with E-state index in [1.54, 1.807) is 0 Å². The average Bonchev–Trinajstić information content (AvgIpc) is 2.27. The number of nitrogens with two attached hydrogens (primary N) is 2. The molecule has 0 aromatic heterocycles. The van der Waals surface area contributed by atoms with Gasteiger partial charge < -0.3 is 11.5 Å². The van der Waals surface area contributed by atoms with Crippen LogP contribution in [-0.2, 0) is 4.79 Å². The van der Waals surface area contributed by atoms with Gasteiger partial charge in [0.15, 0.2) is 0 Å². The van der Waals surface area contributed by atoms with Gasteiger partial charge in [-0.2, -0.15) is 0 Å². The number of carbonyl (C=O) groups excluding carboxylic acids is 1. The van der Waals surface area contributed by atoms with Gasteiger partial charge in [-0.3, -0.25) is 9.69 Å². The maximum absolute atomic E-state index is 11.3. The summed E-state index contributed by atoms with van der Waals surface area (Å²) < 4.78 is 0. The highest BCUT2D eigenvalue weighted by atomic mass is 16.1. The predicted molar refractivity (Wildman–Crippen MR) is 70.3 cm³/mol. The standard InChI is InChI=1S/C13H27N3O/c1-9(2)12(6-14)8-16-7-11(13(15)17)5-4-10(16)3/h9-12H,4-8,14H2,1-3H3,(H2,15,17). The number of primary amides is 1. The third kappa shape index (κ3) is 3.96. The molecule has 0 aromatic rings. The fraction of sp³-hybridized carbons (Fsp3) is 0.923. The quantitative estimate of drug-likeness (QED) is 0.748. The fourth-order valence-corrected chi connectivity index (χ4v) is 2.52. The van der Waals surface area contributed by atoms with E-state index in [2.05, 4.69) is 25.7 Å². The Labute approximate surface area is 105 Å². The SMILES string of the molecule is CC(C)C(CN)CN1CC(C(N)=O)CCC1C. The number of hydrogen-bond acceptors (Lipinski definition) is 3. The van der Waals surface area contributed by atoms with E-state index in [-0.39, 0.29) is 11.8 Å². The van der Waals surface area contributed by atoms with E-state index in [1.807, 2.05) is 0 Å². The van der Waals surface area contributed by atoms with E-state index in [0.29, 0.717) is 24.4 Å². The molecule has 4 N–H and O–H groups in total. The van der Waals surface area contributed by atoms with Crippen LogP contribution in [0.2, 0.25) is 0 Å². The molecule has 0 radical (unpaired) electrons. The van der Waals surface area contributed by atoms with Crippen LogP contribution in [0.4, 0.5) is 0 Å². The van der Waals surface area contributed by atoms with Crippen molar-refractivity contribution in [1.82, 2.24) is 4.90 Å². The van der Waals surface area contributed by atoms with E-state index in [1.165, 1.54) is 0 Å². The van der Waals surface area contributed by atoms with Crippen molar-refractivity contribution in [1.29, 1.82) is 0 Å². The fourth-order valence-electron chi connectivity index (χ4n) is 2.52. The van der Waals surface area contributed by atoms with E-state index in [4.69, 9.17) is 11.5 Å². The highest BCUT2D eigenvalue weighted by molar-refractivity contribution is 5.76. The van der Waals surface area contributed by atoms with E-state index in [9.17, 15) is 4.79 Å². The topological polar surface area (TPSA) is 72.3 Å². The van der Waals surface area contributed by atoms with Gasteiger partial charge in [0.25, 0.3) is 0 Å². The highest BCUT2D eigenvalue weighted by Crippen LogP contribution is 2.24. The second kappa shape index (κ2) is 6.36. The molecule has 4 heteroatoms. The minimum atomic E-state index is -0.157. The van der Waals surface area contributed by atoms with E-state index in [0.717, 1.165) is 25.9 Å². The lowest BCUT2D eigenvalue weighted by Crippen LogP contribution is -2.48. The first-order valence-electron chi connectivity index (χ1n) is 6.69. The van der Waals surface area contributed by atoms with Crippen LogP contribution in [0.1, 0.15) is 33.6 Å². The summed E-state index contributed by atoms with van der Waals surface area (Å²) in [6, 6.07) is 0.540. The molecule has 0 aromatic carbocycles. The zero-order chi connectivity index (χ0) is 13.0. The van der Waals surface area contributed by atoms with E-state index >= 15 is 0 Å². The number of amides is 1. The van der Waals surface area contributed by atoms with Gasteiger partial charge in [-0.1, -0.05) is 13.8 Å². The Kier molecular flexibility index (Phi) is 5.40. The van der Waals surface area contributed by atoms with Crippen molar-refractivity contribution in [2.24, 2.45) is 29.2 Å². The molecule has 1 aliphatic rings. The molecular weight excluding hydrogens is 214 g/mol. The van der Waals surface area contributed by atoms with Gasteiger partial charge in [0.05, 0.1) is 5.92 Å². The summed E-state index contributed by atoms with van der Waals surface area (Å²) in [6.07, 6.45) is 1.99. The number of piperidine rings is 1. The molecule has 17 heavy (non-hydrogen) atoms. The van der Waals surface area contributed by atoms with Gasteiger partial charge in [-0.25, -0.2) is 0 Å². The first-order valence-corrected chi connectivity index (χ1v) is 6.69. The first-order chi connectivity index (χ1) is 7.95. The summed E-state index contributed by atoms with van der Waals surface area (Å²) in [4.78, 5) is 13.7. The lowest BCUT2D eigenvalue weighted by molar-refractivity contribution is -0.124. The molecule has 1 fully saturated rings. The predicted octanol–water partition coefficient (Wildman–Crippen LogP) is 0.803. The molecule has 0 aliphatic carbocycles. The second-order valence-corrected chi connectivity index (χ2v) is 5.72. The van der Waals surface area contributed by atoms with Crippen LogP contribution in [0, 0.1) is 17.8 Å². The van der Waals surface area contributed by atoms with Crippen LogP contribution in [0.5, 0.6) is 0 Å². The molecule has 0 spiro atoms. The molecule has 1 heterocycles. The van der Waals surface area contributed by atoms with Crippen LogP contribution in [-0.4, -0.2) is 36.5 Å². The van der Waals surface area contributed by atoms with Crippen LogP contribution in [0.15, 0.2) is 0 Å². The summed E-state index contributed by atoms with van der Waals surface area (Å²) >= 11 is 0. The highest BCUT2D eigenvalue weighted by Gasteiger charge is 2.30. The zero-order valence-corrected chi connectivity index (χ0v) is 11.4. The summed E-state index contributed by atoms with van der Waals surface area (Å²) in [5.74, 6) is 0.956. The van der Waals surface area contributed by atoms with Gasteiger partial charge in [0.2, 0.25) is 5.91 Å². The molecule has 3 atom stereocenters. The maximum Gasteiger partial charge on any atom is 0.221 e. The normalized spacial score (nSPS) is 28.3. The van der Waals surface area contributed by atoms with Crippen LogP contribution < -0.4 is 11.5 Å². The molecule has 1 rings (SSSR count). The van der Waals surface area contributed by atoms with Gasteiger partial charge in [0, 0.05) is 19.1 Å². The van der Waals surface area contributed by atoms with Crippen molar-refractivity contribution in [3.05, 3.63) is 0 Å². The van der Waals surface area contributed by atoms with Gasteiger partial charge >= 0.3 is 0 Å². The third-order valence-electron chi connectivity index (χ3n) is 4.13. The number of rotatable bonds is 5. The van der Waals surface area contributed by atoms with Crippen LogP contribution in [0.25, 0.3) is 0 Å². The molecular formula is C13H27N3O. The monoisotopic (exact) mass is 241 g/mol. The number of hydrogen-bond donors (Lipinski definition) is 2. The van der Waals surface area contributed by atoms with Crippen LogP contribution >= 0.6 is 0 Å². The van der Waals surface area contributed by atoms with E-state index < -0.39 is 0 Å². The van der Waals surface area contributed by atoms with Crippen molar-refractivity contribution >= 4 is 5.91 Å². The number of likely N-dealkylation sites (tertiary alicyclic amines) is 1. The Hall–Kier alpha value is -0.610. The Morgan fingerprint density at radius 3 is 2.53 bits per heavy atom. The zero-order valence-electron chi connectivity index (χ0n) is 11.4. The van der Waals surface area contributed by atoms with Crippen molar-refractivity contribution in [2.45, 2.75) is 39.7 Å². The number of nitrogens with zero attached hydrogens (tertiary/aromatic N) is 1. The summed E-state index contributed by atoms with van der Waals surface area (Å²) in [5, 5.41) is 0. The molecule has 1 saturated heterocycles. The molecule has 0 saturated carbocycles. The minimum absolute atomic E-state index is 0.0248. The summed E-state index contributed by atoms with van der Waals surface area (Å²) in [5.41, 5.74) is 11.2.